The molecule has 0 aliphatic heterocycles. The molecule has 42 valence electrons. The molecule has 7 heavy (non-hydrogen) atoms. The van der Waals surface area contributed by atoms with E-state index in [0.29, 0.717) is 5.33 Å². The SMILES string of the molecule is FC(F)/C=C/CBr. The second kappa shape index (κ2) is 4.24. The lowest BCUT2D eigenvalue weighted by atomic mass is 10.5. The van der Waals surface area contributed by atoms with Gasteiger partial charge in [0.05, 0.1) is 0 Å². The zero-order valence-corrected chi connectivity index (χ0v) is 5.16. The van der Waals surface area contributed by atoms with Crippen LogP contribution in [0.25, 0.3) is 0 Å². The Morgan fingerprint density at radius 3 is 2.29 bits per heavy atom. The Balaban J connectivity index is 3.08. The fourth-order valence-electron chi connectivity index (χ4n) is 0.154. The molecule has 0 radical (unpaired) electrons. The van der Waals surface area contributed by atoms with Gasteiger partial charge in [0.25, 0.3) is 6.43 Å². The Bertz CT molecular complexity index is 60.7. The van der Waals surface area contributed by atoms with E-state index in [1.54, 1.807) is 0 Å². The summed E-state index contributed by atoms with van der Waals surface area (Å²) in [5, 5.41) is 0.497. The van der Waals surface area contributed by atoms with E-state index >= 15 is 0 Å². The van der Waals surface area contributed by atoms with Gasteiger partial charge in [-0.2, -0.15) is 0 Å². The minimum absolute atomic E-state index is 0.497. The summed E-state index contributed by atoms with van der Waals surface area (Å²) in [5.41, 5.74) is 0. The van der Waals surface area contributed by atoms with Crippen molar-refractivity contribution in [1.29, 1.82) is 0 Å². The molecular weight excluding hydrogens is 166 g/mol. The summed E-state index contributed by atoms with van der Waals surface area (Å²) in [7, 11) is 0. The highest BCUT2D eigenvalue weighted by atomic mass is 79.9. The Hall–Kier alpha value is 0.0800. The van der Waals surface area contributed by atoms with Gasteiger partial charge in [-0.15, -0.1) is 0 Å². The molecule has 0 fully saturated rings. The third-order valence-corrected chi connectivity index (χ3v) is 0.744. The van der Waals surface area contributed by atoms with Gasteiger partial charge in [-0.25, -0.2) is 8.78 Å². The van der Waals surface area contributed by atoms with Crippen molar-refractivity contribution in [2.75, 3.05) is 5.33 Å². The molecular formula is C4H5BrF2. The number of allylic oxidation sites excluding steroid dienone is 2. The fraction of sp³-hybridized carbons (Fsp3) is 0.500. The van der Waals surface area contributed by atoms with Gasteiger partial charge in [-0.1, -0.05) is 22.0 Å². The van der Waals surface area contributed by atoms with E-state index in [2.05, 4.69) is 15.9 Å². The second-order valence-electron chi connectivity index (χ2n) is 0.917. The molecule has 0 saturated heterocycles. The van der Waals surface area contributed by atoms with Gasteiger partial charge in [0.1, 0.15) is 0 Å². The lowest BCUT2D eigenvalue weighted by Gasteiger charge is -1.80. The lowest BCUT2D eigenvalue weighted by Crippen LogP contribution is -1.78. The van der Waals surface area contributed by atoms with E-state index < -0.39 is 6.43 Å². The van der Waals surface area contributed by atoms with Crippen molar-refractivity contribution in [3.63, 3.8) is 0 Å². The van der Waals surface area contributed by atoms with Crippen LogP contribution in [-0.2, 0) is 0 Å². The molecule has 0 aromatic heterocycles. The predicted molar refractivity (Wildman–Crippen MR) is 28.9 cm³/mol. The number of halogens is 3. The fourth-order valence-corrected chi connectivity index (χ4v) is 0.370. The molecule has 0 aromatic carbocycles. The highest BCUT2D eigenvalue weighted by molar-refractivity contribution is 9.09. The quantitative estimate of drug-likeness (QED) is 0.441. The highest BCUT2D eigenvalue weighted by Gasteiger charge is 1.89. The first-order chi connectivity index (χ1) is 3.27. The van der Waals surface area contributed by atoms with Crippen LogP contribution in [0, 0.1) is 0 Å². The van der Waals surface area contributed by atoms with E-state index in [1.165, 1.54) is 6.08 Å². The van der Waals surface area contributed by atoms with Crippen LogP contribution < -0.4 is 0 Å². The maximum atomic E-state index is 11.1. The topological polar surface area (TPSA) is 0 Å². The molecule has 0 nitrogen and oxygen atoms in total. The molecule has 0 bridgehead atoms. The van der Waals surface area contributed by atoms with Gasteiger partial charge in [0.15, 0.2) is 0 Å². The number of hydrogen-bond acceptors (Lipinski definition) is 0. The molecule has 0 aromatic rings. The van der Waals surface area contributed by atoms with Crippen LogP contribution in [0.2, 0.25) is 0 Å². The van der Waals surface area contributed by atoms with Crippen molar-refractivity contribution < 1.29 is 8.78 Å². The molecule has 0 saturated carbocycles. The summed E-state index contributed by atoms with van der Waals surface area (Å²) in [6.45, 7) is 0. The molecule has 0 aliphatic rings. The summed E-state index contributed by atoms with van der Waals surface area (Å²) in [5.74, 6) is 0. The van der Waals surface area contributed by atoms with E-state index in [1.807, 2.05) is 0 Å². The summed E-state index contributed by atoms with van der Waals surface area (Å²) in [4.78, 5) is 0. The molecule has 0 unspecified atom stereocenters. The highest BCUT2D eigenvalue weighted by Crippen LogP contribution is 1.93. The van der Waals surface area contributed by atoms with Gasteiger partial charge >= 0.3 is 0 Å². The number of hydrogen-bond donors (Lipinski definition) is 0. The minimum atomic E-state index is -2.31. The molecule has 0 rings (SSSR count). The lowest BCUT2D eigenvalue weighted by molar-refractivity contribution is 0.204. The summed E-state index contributed by atoms with van der Waals surface area (Å²) >= 11 is 2.96. The van der Waals surface area contributed by atoms with Gasteiger partial charge in [-0.3, -0.25) is 0 Å². The summed E-state index contributed by atoms with van der Waals surface area (Å²) in [6.07, 6.45) is -0.100. The molecule has 0 spiro atoms. The minimum Gasteiger partial charge on any atom is -0.206 e. The zero-order valence-electron chi connectivity index (χ0n) is 3.57. The molecule has 0 N–H and O–H groups in total. The van der Waals surface area contributed by atoms with E-state index in [-0.39, 0.29) is 0 Å². The average Bonchev–Trinajstić information content (AvgIpc) is 1.61. The average molecular weight is 171 g/mol. The normalized spacial score (nSPS) is 11.4. The summed E-state index contributed by atoms with van der Waals surface area (Å²) < 4.78 is 22.2. The summed E-state index contributed by atoms with van der Waals surface area (Å²) in [6, 6.07) is 0. The number of alkyl halides is 3. The molecule has 0 atom stereocenters. The largest absolute Gasteiger partial charge is 0.257 e. The monoisotopic (exact) mass is 170 g/mol. The molecule has 0 aliphatic carbocycles. The van der Waals surface area contributed by atoms with Crippen LogP contribution in [-0.4, -0.2) is 11.8 Å². The first-order valence-corrected chi connectivity index (χ1v) is 2.90. The van der Waals surface area contributed by atoms with Gasteiger partial charge < -0.3 is 0 Å². The van der Waals surface area contributed by atoms with E-state index in [9.17, 15) is 8.78 Å². The third kappa shape index (κ3) is 6.08. The first kappa shape index (κ1) is 7.08. The van der Waals surface area contributed by atoms with Crippen LogP contribution in [0.5, 0.6) is 0 Å². The van der Waals surface area contributed by atoms with Crippen LogP contribution in [0.1, 0.15) is 0 Å². The Morgan fingerprint density at radius 2 is 2.14 bits per heavy atom. The number of rotatable bonds is 2. The van der Waals surface area contributed by atoms with Crippen LogP contribution in [0.4, 0.5) is 8.78 Å². The maximum absolute atomic E-state index is 11.1. The second-order valence-corrected chi connectivity index (χ2v) is 1.56. The van der Waals surface area contributed by atoms with Crippen molar-refractivity contribution in [1.82, 2.24) is 0 Å². The van der Waals surface area contributed by atoms with Gasteiger partial charge in [0.2, 0.25) is 0 Å². The molecule has 0 amide bonds. The van der Waals surface area contributed by atoms with Crippen molar-refractivity contribution in [3.8, 4) is 0 Å². The Morgan fingerprint density at radius 1 is 1.57 bits per heavy atom. The Kier molecular flexibility index (Phi) is 4.29. The van der Waals surface area contributed by atoms with Crippen LogP contribution in [0.3, 0.4) is 0 Å². The molecule has 0 heterocycles. The smallest absolute Gasteiger partial charge is 0.206 e. The van der Waals surface area contributed by atoms with E-state index in [0.717, 1.165) is 6.08 Å². The standard InChI is InChI=1S/C4H5BrF2/c5-3-1-2-4(6)7/h1-2,4H,3H2/b2-1+. The van der Waals surface area contributed by atoms with Crippen molar-refractivity contribution in [3.05, 3.63) is 12.2 Å². The van der Waals surface area contributed by atoms with Gasteiger partial charge in [-0.05, 0) is 6.08 Å². The third-order valence-electron chi connectivity index (χ3n) is 0.371. The van der Waals surface area contributed by atoms with Crippen molar-refractivity contribution >= 4 is 15.9 Å². The van der Waals surface area contributed by atoms with Crippen molar-refractivity contribution in [2.24, 2.45) is 0 Å². The van der Waals surface area contributed by atoms with Crippen LogP contribution in [0.15, 0.2) is 12.2 Å². The zero-order chi connectivity index (χ0) is 5.70. The first-order valence-electron chi connectivity index (χ1n) is 1.78. The molecule has 3 heteroatoms. The predicted octanol–water partition coefficient (Wildman–Crippen LogP) is 2.20. The Labute approximate surface area is 49.3 Å². The maximum Gasteiger partial charge on any atom is 0.257 e. The van der Waals surface area contributed by atoms with E-state index in [4.69, 9.17) is 0 Å². The van der Waals surface area contributed by atoms with Gasteiger partial charge in [0, 0.05) is 5.33 Å². The van der Waals surface area contributed by atoms with Crippen LogP contribution >= 0.6 is 15.9 Å². The van der Waals surface area contributed by atoms with Crippen molar-refractivity contribution in [2.45, 2.75) is 6.43 Å².